The van der Waals surface area contributed by atoms with Crippen LogP contribution in [0.15, 0.2) is 159 Å². The van der Waals surface area contributed by atoms with Crippen LogP contribution in [0.5, 0.6) is 0 Å². The molecule has 0 radical (unpaired) electrons. The van der Waals surface area contributed by atoms with Crippen LogP contribution in [0.1, 0.15) is 43.0 Å². The summed E-state index contributed by atoms with van der Waals surface area (Å²) >= 11 is 0. The number of hydrogen-bond donors (Lipinski definition) is 0. The third-order valence-corrected chi connectivity index (χ3v) is 11.8. The lowest BCUT2D eigenvalue weighted by Gasteiger charge is -2.22. The molecule has 9 rings (SSSR count). The van der Waals surface area contributed by atoms with Crippen LogP contribution in [0.4, 0.5) is 0 Å². The molecular weight excluding hydrogens is 685 g/mol. The molecule has 1 aliphatic rings. The molecule has 0 unspecified atom stereocenters. The summed E-state index contributed by atoms with van der Waals surface area (Å²) < 4.78 is 0. The van der Waals surface area contributed by atoms with E-state index in [-0.39, 0.29) is 0 Å². The van der Waals surface area contributed by atoms with Crippen molar-refractivity contribution < 1.29 is 0 Å². The van der Waals surface area contributed by atoms with Crippen molar-refractivity contribution in [1.82, 2.24) is 0 Å². The monoisotopic (exact) mass is 728 g/mol. The largest absolute Gasteiger partial charge is 0.0984 e. The highest BCUT2D eigenvalue weighted by Crippen LogP contribution is 2.55. The molecule has 0 N–H and O–H groups in total. The van der Waals surface area contributed by atoms with Gasteiger partial charge in [0.2, 0.25) is 0 Å². The second-order valence-electron chi connectivity index (χ2n) is 14.6. The average Bonchev–Trinajstić information content (AvgIpc) is 3.60. The van der Waals surface area contributed by atoms with Crippen molar-refractivity contribution >= 4 is 58.0 Å². The van der Waals surface area contributed by atoms with Crippen LogP contribution in [-0.4, -0.2) is 0 Å². The van der Waals surface area contributed by atoms with Crippen LogP contribution in [-0.2, 0) is 0 Å². The molecule has 0 heterocycles. The molecule has 0 atom stereocenters. The Balaban J connectivity index is 1.45. The van der Waals surface area contributed by atoms with E-state index in [1.54, 1.807) is 0 Å². The van der Waals surface area contributed by atoms with E-state index in [4.69, 9.17) is 0 Å². The summed E-state index contributed by atoms with van der Waals surface area (Å²) in [6, 6.07) is 49.0. The van der Waals surface area contributed by atoms with E-state index in [9.17, 15) is 0 Å². The second kappa shape index (κ2) is 14.6. The van der Waals surface area contributed by atoms with Gasteiger partial charge in [-0.05, 0) is 142 Å². The van der Waals surface area contributed by atoms with Gasteiger partial charge in [0.05, 0.1) is 0 Å². The van der Waals surface area contributed by atoms with Gasteiger partial charge >= 0.3 is 0 Å². The quantitative estimate of drug-likeness (QED) is 0.146. The van der Waals surface area contributed by atoms with E-state index < -0.39 is 0 Å². The van der Waals surface area contributed by atoms with Crippen molar-refractivity contribution in [1.29, 1.82) is 0 Å². The summed E-state index contributed by atoms with van der Waals surface area (Å²) in [5.74, 6) is 0. The Morgan fingerprint density at radius 2 is 0.842 bits per heavy atom. The maximum atomic E-state index is 4.36. The summed E-state index contributed by atoms with van der Waals surface area (Å²) in [4.78, 5) is 0. The van der Waals surface area contributed by atoms with Crippen molar-refractivity contribution in [2.45, 2.75) is 20.8 Å². The van der Waals surface area contributed by atoms with Crippen LogP contribution in [0.25, 0.3) is 125 Å². The highest BCUT2D eigenvalue weighted by atomic mass is 14.3. The zero-order valence-corrected chi connectivity index (χ0v) is 32.9. The van der Waals surface area contributed by atoms with Gasteiger partial charge in [-0.1, -0.05) is 196 Å². The Kier molecular flexibility index (Phi) is 9.12. The average molecular weight is 729 g/mol. The standard InChI is InChI=1S/C57H44/c1-7-21-37-25-19-29-49(40(37)10-4)55-42(12-6)41(11-5)54(48-28-18-24-36(8-2)39(48)9-3)56-51-31-20-30-50-47(34-35-52(53(50)51)57(55)56)46-33-32-43(38-22-14-13-15-23-38)44-26-16-17-27-45(44)46/h7-35H,2-4H2,1,5-6H3/b21-7-,41-11+,42-12+. The zero-order valence-electron chi connectivity index (χ0n) is 32.9. The van der Waals surface area contributed by atoms with E-state index in [0.717, 1.165) is 27.8 Å². The van der Waals surface area contributed by atoms with Crippen molar-refractivity contribution in [2.24, 2.45) is 0 Å². The van der Waals surface area contributed by atoms with E-state index in [1.807, 2.05) is 18.2 Å². The lowest BCUT2D eigenvalue weighted by Crippen LogP contribution is -2.30. The highest BCUT2D eigenvalue weighted by Gasteiger charge is 2.32. The maximum absolute atomic E-state index is 4.36. The number of rotatable bonds is 8. The minimum absolute atomic E-state index is 1.07. The van der Waals surface area contributed by atoms with Gasteiger partial charge in [-0.3, -0.25) is 0 Å². The van der Waals surface area contributed by atoms with Gasteiger partial charge in [0.25, 0.3) is 0 Å². The number of allylic oxidation sites excluding steroid dienone is 1. The molecule has 272 valence electrons. The van der Waals surface area contributed by atoms with E-state index in [1.165, 1.54) is 93.2 Å². The predicted octanol–water partition coefficient (Wildman–Crippen LogP) is 14.9. The predicted molar refractivity (Wildman–Crippen MR) is 252 cm³/mol. The van der Waals surface area contributed by atoms with Crippen molar-refractivity contribution in [3.05, 3.63) is 192 Å². The number of benzene rings is 8. The molecule has 0 bridgehead atoms. The molecule has 0 spiro atoms. The normalized spacial score (nSPS) is 12.5. The first-order valence-corrected chi connectivity index (χ1v) is 19.8. The topological polar surface area (TPSA) is 0 Å². The smallest absolute Gasteiger partial charge is 0.000730 e. The van der Waals surface area contributed by atoms with Gasteiger partial charge in [0.1, 0.15) is 0 Å². The Morgan fingerprint density at radius 3 is 1.44 bits per heavy atom. The van der Waals surface area contributed by atoms with Crippen molar-refractivity contribution in [2.75, 3.05) is 0 Å². The van der Waals surface area contributed by atoms with Gasteiger partial charge in [-0.25, -0.2) is 0 Å². The summed E-state index contributed by atoms with van der Waals surface area (Å²) in [5.41, 5.74) is 19.1. The molecule has 0 aliphatic heterocycles. The van der Waals surface area contributed by atoms with Gasteiger partial charge < -0.3 is 0 Å². The van der Waals surface area contributed by atoms with E-state index in [0.29, 0.717) is 0 Å². The molecule has 8 aromatic rings. The molecule has 0 amide bonds. The lowest BCUT2D eigenvalue weighted by molar-refractivity contribution is 1.45. The Labute approximate surface area is 336 Å². The highest BCUT2D eigenvalue weighted by molar-refractivity contribution is 6.25. The van der Waals surface area contributed by atoms with Crippen LogP contribution in [0.3, 0.4) is 0 Å². The van der Waals surface area contributed by atoms with Crippen LogP contribution in [0, 0.1) is 0 Å². The lowest BCUT2D eigenvalue weighted by atomic mass is 9.81. The molecule has 0 nitrogen and oxygen atoms in total. The number of hydrogen-bond acceptors (Lipinski definition) is 0. The number of fused-ring (bicyclic) bond motifs is 4. The Bertz CT molecular complexity index is 3130. The fraction of sp³-hybridized carbons (Fsp3) is 0.0526. The fourth-order valence-electron chi connectivity index (χ4n) is 9.51. The zero-order chi connectivity index (χ0) is 39.2. The fourth-order valence-corrected chi connectivity index (χ4v) is 9.51. The van der Waals surface area contributed by atoms with Gasteiger partial charge in [-0.2, -0.15) is 0 Å². The minimum Gasteiger partial charge on any atom is -0.0984 e. The van der Waals surface area contributed by atoms with Gasteiger partial charge in [0, 0.05) is 0 Å². The molecule has 0 saturated carbocycles. The Morgan fingerprint density at radius 1 is 0.368 bits per heavy atom. The molecular formula is C57H44. The summed E-state index contributed by atoms with van der Waals surface area (Å²) in [5, 5.41) is 7.43. The Hall–Kier alpha value is -7.02. The van der Waals surface area contributed by atoms with Gasteiger partial charge in [-0.15, -0.1) is 0 Å². The second-order valence-corrected chi connectivity index (χ2v) is 14.6. The summed E-state index contributed by atoms with van der Waals surface area (Å²) in [6.07, 6.45) is 14.8. The van der Waals surface area contributed by atoms with Crippen molar-refractivity contribution in [3.8, 4) is 66.8 Å². The molecule has 57 heavy (non-hydrogen) atoms. The first-order chi connectivity index (χ1) is 28.1. The first-order valence-electron chi connectivity index (χ1n) is 19.8. The molecule has 0 saturated heterocycles. The third kappa shape index (κ3) is 5.44. The third-order valence-electron chi connectivity index (χ3n) is 11.8. The van der Waals surface area contributed by atoms with Crippen molar-refractivity contribution in [3.63, 3.8) is 0 Å². The van der Waals surface area contributed by atoms with E-state index >= 15 is 0 Å². The van der Waals surface area contributed by atoms with Crippen LogP contribution >= 0.6 is 0 Å². The first kappa shape index (κ1) is 35.7. The molecule has 0 aromatic heterocycles. The van der Waals surface area contributed by atoms with Crippen LogP contribution in [0.2, 0.25) is 0 Å². The minimum atomic E-state index is 1.07. The van der Waals surface area contributed by atoms with E-state index in [2.05, 4.69) is 198 Å². The van der Waals surface area contributed by atoms with Gasteiger partial charge in [0.15, 0.2) is 0 Å². The molecule has 0 heteroatoms. The summed E-state index contributed by atoms with van der Waals surface area (Å²) in [6.45, 7) is 19.3. The van der Waals surface area contributed by atoms with Crippen LogP contribution < -0.4 is 10.4 Å². The summed E-state index contributed by atoms with van der Waals surface area (Å²) in [7, 11) is 0. The SMILES string of the molecule is C=Cc1cccc(-c2c3c(c(-c4cccc(/C=C\C)c4C=C)c(=C/C)/c2=C\C)-c2ccc(-c4ccc(-c5ccccc5)c5ccccc45)c4cccc-3c24)c1C=C. The maximum Gasteiger partial charge on any atom is -0.000730 e. The molecule has 8 aromatic carbocycles. The molecule has 1 aliphatic carbocycles. The molecule has 0 fully saturated rings.